The van der Waals surface area contributed by atoms with E-state index in [-0.39, 0.29) is 0 Å². The molecule has 18 heavy (non-hydrogen) atoms. The van der Waals surface area contributed by atoms with Crippen LogP contribution < -0.4 is 0 Å². The number of hydrogen-bond donors (Lipinski definition) is 0. The Kier molecular flexibility index (Phi) is 4.00. The fourth-order valence-corrected chi connectivity index (χ4v) is 2.37. The van der Waals surface area contributed by atoms with Gasteiger partial charge in [-0.1, -0.05) is 36.4 Å². The molecule has 0 saturated heterocycles. The largest absolute Gasteiger partial charge is 0.305 e. The van der Waals surface area contributed by atoms with Crippen molar-refractivity contribution in [2.24, 2.45) is 0 Å². The third kappa shape index (κ3) is 2.89. The van der Waals surface area contributed by atoms with Crippen molar-refractivity contribution in [1.82, 2.24) is 9.80 Å². The van der Waals surface area contributed by atoms with Gasteiger partial charge in [0.1, 0.15) is 0 Å². The lowest BCUT2D eigenvalue weighted by Crippen LogP contribution is -2.17. The smallest absolute Gasteiger partial charge is 0.0237 e. The Hall–Kier alpha value is -1.38. The van der Waals surface area contributed by atoms with Gasteiger partial charge in [0.15, 0.2) is 0 Å². The summed E-state index contributed by atoms with van der Waals surface area (Å²) >= 11 is 0. The van der Waals surface area contributed by atoms with Gasteiger partial charge >= 0.3 is 0 Å². The van der Waals surface area contributed by atoms with Gasteiger partial charge in [-0.2, -0.15) is 0 Å². The summed E-state index contributed by atoms with van der Waals surface area (Å²) in [6, 6.07) is 13.1. The zero-order chi connectivity index (χ0) is 13.1. The van der Waals surface area contributed by atoms with Gasteiger partial charge in [-0.05, 0) is 50.1 Å². The van der Waals surface area contributed by atoms with Crippen molar-refractivity contribution in [1.29, 1.82) is 0 Å². The zero-order valence-corrected chi connectivity index (χ0v) is 11.8. The Balaban J connectivity index is 2.55. The molecule has 0 saturated carbocycles. The molecule has 0 unspecified atom stereocenters. The first-order valence-electron chi connectivity index (χ1n) is 6.37. The predicted octanol–water partition coefficient (Wildman–Crippen LogP) is 2.96. The van der Waals surface area contributed by atoms with Crippen molar-refractivity contribution in [2.45, 2.75) is 13.1 Å². The SMILES string of the molecule is CN(C)Cc1ccc2ccccc2c1CN(C)C. The molecule has 0 aliphatic rings. The molecule has 0 aliphatic carbocycles. The summed E-state index contributed by atoms with van der Waals surface area (Å²) in [5.41, 5.74) is 2.87. The molecule has 0 bridgehead atoms. The van der Waals surface area contributed by atoms with E-state index in [1.54, 1.807) is 0 Å². The van der Waals surface area contributed by atoms with E-state index < -0.39 is 0 Å². The molecule has 0 amide bonds. The van der Waals surface area contributed by atoms with Crippen LogP contribution in [0.25, 0.3) is 10.8 Å². The van der Waals surface area contributed by atoms with Gasteiger partial charge in [0.25, 0.3) is 0 Å². The van der Waals surface area contributed by atoms with Crippen LogP contribution >= 0.6 is 0 Å². The number of hydrogen-bond acceptors (Lipinski definition) is 2. The van der Waals surface area contributed by atoms with E-state index in [1.165, 1.54) is 21.9 Å². The second kappa shape index (κ2) is 5.51. The first-order chi connectivity index (χ1) is 8.58. The Labute approximate surface area is 110 Å². The highest BCUT2D eigenvalue weighted by Gasteiger charge is 2.09. The van der Waals surface area contributed by atoms with Crippen LogP contribution in [0.15, 0.2) is 36.4 Å². The summed E-state index contributed by atoms with van der Waals surface area (Å²) in [6.45, 7) is 1.98. The summed E-state index contributed by atoms with van der Waals surface area (Å²) < 4.78 is 0. The molecule has 0 aliphatic heterocycles. The predicted molar refractivity (Wildman–Crippen MR) is 78.7 cm³/mol. The fourth-order valence-electron chi connectivity index (χ4n) is 2.37. The Morgan fingerprint density at radius 2 is 1.44 bits per heavy atom. The van der Waals surface area contributed by atoms with Crippen LogP contribution in [-0.2, 0) is 13.1 Å². The Bertz CT molecular complexity index is 530. The van der Waals surface area contributed by atoms with E-state index in [4.69, 9.17) is 0 Å². The highest BCUT2D eigenvalue weighted by Crippen LogP contribution is 2.24. The van der Waals surface area contributed by atoms with Gasteiger partial charge in [0, 0.05) is 13.1 Å². The lowest BCUT2D eigenvalue weighted by molar-refractivity contribution is 0.382. The van der Waals surface area contributed by atoms with Crippen molar-refractivity contribution < 1.29 is 0 Å². The van der Waals surface area contributed by atoms with Crippen LogP contribution in [0.3, 0.4) is 0 Å². The van der Waals surface area contributed by atoms with Crippen LogP contribution in [0.5, 0.6) is 0 Å². The van der Waals surface area contributed by atoms with Gasteiger partial charge < -0.3 is 9.80 Å². The van der Waals surface area contributed by atoms with Crippen LogP contribution in [0.2, 0.25) is 0 Å². The second-order valence-electron chi connectivity index (χ2n) is 5.40. The van der Waals surface area contributed by atoms with Gasteiger partial charge in [-0.25, -0.2) is 0 Å². The van der Waals surface area contributed by atoms with Crippen LogP contribution in [0, 0.1) is 0 Å². The minimum Gasteiger partial charge on any atom is -0.305 e. The average molecular weight is 242 g/mol. The van der Waals surface area contributed by atoms with Gasteiger partial charge in [0.2, 0.25) is 0 Å². The number of benzene rings is 2. The lowest BCUT2D eigenvalue weighted by atomic mass is 9.98. The topological polar surface area (TPSA) is 6.48 Å². The normalized spacial score (nSPS) is 11.7. The maximum Gasteiger partial charge on any atom is 0.0237 e. The first kappa shape index (κ1) is 13.1. The van der Waals surface area contributed by atoms with E-state index >= 15 is 0 Å². The van der Waals surface area contributed by atoms with Gasteiger partial charge in [-0.15, -0.1) is 0 Å². The van der Waals surface area contributed by atoms with Crippen molar-refractivity contribution in [3.63, 3.8) is 0 Å². The molecule has 0 aromatic heterocycles. The average Bonchev–Trinajstić information content (AvgIpc) is 2.31. The molecule has 2 nitrogen and oxygen atoms in total. The summed E-state index contributed by atoms with van der Waals surface area (Å²) in [7, 11) is 8.49. The van der Waals surface area contributed by atoms with E-state index in [1.807, 2.05) is 0 Å². The van der Waals surface area contributed by atoms with E-state index in [0.29, 0.717) is 0 Å². The zero-order valence-electron chi connectivity index (χ0n) is 11.8. The fraction of sp³-hybridized carbons (Fsp3) is 0.375. The maximum atomic E-state index is 2.27. The van der Waals surface area contributed by atoms with E-state index in [2.05, 4.69) is 74.4 Å². The van der Waals surface area contributed by atoms with Crippen molar-refractivity contribution in [3.05, 3.63) is 47.5 Å². The highest BCUT2D eigenvalue weighted by molar-refractivity contribution is 5.86. The molecular weight excluding hydrogens is 220 g/mol. The van der Waals surface area contributed by atoms with Gasteiger partial charge in [-0.3, -0.25) is 0 Å². The van der Waals surface area contributed by atoms with Crippen molar-refractivity contribution in [3.8, 4) is 0 Å². The van der Waals surface area contributed by atoms with Gasteiger partial charge in [0.05, 0.1) is 0 Å². The highest BCUT2D eigenvalue weighted by atomic mass is 15.1. The third-order valence-corrected chi connectivity index (χ3v) is 3.10. The lowest BCUT2D eigenvalue weighted by Gasteiger charge is -2.19. The molecule has 96 valence electrons. The second-order valence-corrected chi connectivity index (χ2v) is 5.40. The molecular formula is C16H22N2. The number of nitrogens with zero attached hydrogens (tertiary/aromatic N) is 2. The molecule has 0 radical (unpaired) electrons. The molecule has 2 aromatic carbocycles. The van der Waals surface area contributed by atoms with Crippen LogP contribution in [0.4, 0.5) is 0 Å². The third-order valence-electron chi connectivity index (χ3n) is 3.10. The Morgan fingerprint density at radius 3 is 2.11 bits per heavy atom. The molecule has 0 heterocycles. The number of fused-ring (bicyclic) bond motifs is 1. The molecule has 0 spiro atoms. The molecule has 0 fully saturated rings. The summed E-state index contributed by atoms with van der Waals surface area (Å²) in [5.74, 6) is 0. The molecule has 2 aromatic rings. The first-order valence-corrected chi connectivity index (χ1v) is 6.37. The summed E-state index contributed by atoms with van der Waals surface area (Å²) in [4.78, 5) is 4.46. The number of rotatable bonds is 4. The minimum atomic E-state index is 0.991. The molecule has 2 heteroatoms. The van der Waals surface area contributed by atoms with E-state index in [0.717, 1.165) is 13.1 Å². The monoisotopic (exact) mass is 242 g/mol. The maximum absolute atomic E-state index is 2.27. The summed E-state index contributed by atoms with van der Waals surface area (Å²) in [5, 5.41) is 2.71. The minimum absolute atomic E-state index is 0.991. The quantitative estimate of drug-likeness (QED) is 0.813. The van der Waals surface area contributed by atoms with Crippen molar-refractivity contribution in [2.75, 3.05) is 28.2 Å². The standard InChI is InChI=1S/C16H22N2/c1-17(2)11-14-10-9-13-7-5-6-8-15(13)16(14)12-18(3)4/h5-10H,11-12H2,1-4H3. The molecule has 0 N–H and O–H groups in total. The van der Waals surface area contributed by atoms with Crippen LogP contribution in [0.1, 0.15) is 11.1 Å². The molecule has 2 rings (SSSR count). The Morgan fingerprint density at radius 1 is 0.778 bits per heavy atom. The van der Waals surface area contributed by atoms with Crippen LogP contribution in [-0.4, -0.2) is 38.0 Å². The van der Waals surface area contributed by atoms with E-state index in [9.17, 15) is 0 Å². The summed E-state index contributed by atoms with van der Waals surface area (Å²) in [6.07, 6.45) is 0. The van der Waals surface area contributed by atoms with Crippen molar-refractivity contribution >= 4 is 10.8 Å². The molecule has 0 atom stereocenters.